The molecule has 0 fully saturated rings. The van der Waals surface area contributed by atoms with Crippen LogP contribution in [0.2, 0.25) is 0 Å². The standard InChI is InChI=1S/C22H26N4OS/c1-16-10-12-20(13-11-16)17(2)25(4)21(27)15-28-22-24-23-18(3)26(22)14-19-8-6-5-7-9-19/h5-13,17H,14-15H2,1-4H3. The van der Waals surface area contributed by atoms with Crippen LogP contribution in [0.4, 0.5) is 0 Å². The first-order chi connectivity index (χ1) is 13.5. The van der Waals surface area contributed by atoms with Crippen molar-refractivity contribution in [3.8, 4) is 0 Å². The molecule has 0 aliphatic heterocycles. The number of rotatable bonds is 7. The molecule has 0 N–H and O–H groups in total. The van der Waals surface area contributed by atoms with Crippen molar-refractivity contribution in [2.45, 2.75) is 38.5 Å². The summed E-state index contributed by atoms with van der Waals surface area (Å²) in [7, 11) is 1.85. The van der Waals surface area contributed by atoms with Crippen molar-refractivity contribution in [2.75, 3.05) is 12.8 Å². The molecule has 5 nitrogen and oxygen atoms in total. The van der Waals surface area contributed by atoms with Gasteiger partial charge in [0.2, 0.25) is 5.91 Å². The fraction of sp³-hybridized carbons (Fsp3) is 0.318. The highest BCUT2D eigenvalue weighted by Gasteiger charge is 2.19. The fourth-order valence-electron chi connectivity index (χ4n) is 2.93. The largest absolute Gasteiger partial charge is 0.338 e. The Balaban J connectivity index is 1.63. The summed E-state index contributed by atoms with van der Waals surface area (Å²) in [5.41, 5.74) is 3.53. The molecule has 0 bridgehead atoms. The van der Waals surface area contributed by atoms with Gasteiger partial charge in [0.05, 0.1) is 18.3 Å². The van der Waals surface area contributed by atoms with Gasteiger partial charge in [-0.05, 0) is 31.9 Å². The number of benzene rings is 2. The first kappa shape index (κ1) is 20.1. The van der Waals surface area contributed by atoms with E-state index in [-0.39, 0.29) is 11.9 Å². The Morgan fingerprint density at radius 2 is 1.75 bits per heavy atom. The fourth-order valence-corrected chi connectivity index (χ4v) is 3.84. The lowest BCUT2D eigenvalue weighted by Gasteiger charge is -2.25. The van der Waals surface area contributed by atoms with Crippen LogP contribution in [0.15, 0.2) is 59.8 Å². The molecule has 1 atom stereocenters. The zero-order valence-electron chi connectivity index (χ0n) is 16.8. The van der Waals surface area contributed by atoms with Crippen LogP contribution in [0.5, 0.6) is 0 Å². The van der Waals surface area contributed by atoms with Gasteiger partial charge in [-0.15, -0.1) is 10.2 Å². The molecule has 6 heteroatoms. The molecule has 1 unspecified atom stereocenters. The highest BCUT2D eigenvalue weighted by Crippen LogP contribution is 2.23. The minimum Gasteiger partial charge on any atom is -0.338 e. The average molecular weight is 395 g/mol. The van der Waals surface area contributed by atoms with Gasteiger partial charge in [0, 0.05) is 7.05 Å². The molecule has 1 amide bonds. The van der Waals surface area contributed by atoms with Gasteiger partial charge in [0.25, 0.3) is 0 Å². The zero-order valence-corrected chi connectivity index (χ0v) is 17.6. The smallest absolute Gasteiger partial charge is 0.233 e. The van der Waals surface area contributed by atoms with Gasteiger partial charge < -0.3 is 9.47 Å². The third kappa shape index (κ3) is 4.81. The monoisotopic (exact) mass is 394 g/mol. The van der Waals surface area contributed by atoms with Crippen molar-refractivity contribution in [3.63, 3.8) is 0 Å². The second kappa shape index (κ2) is 9.06. The first-order valence-corrected chi connectivity index (χ1v) is 10.3. The molecule has 1 aromatic heterocycles. The molecular formula is C22H26N4OS. The van der Waals surface area contributed by atoms with Crippen molar-refractivity contribution < 1.29 is 4.79 Å². The Morgan fingerprint density at radius 1 is 1.07 bits per heavy atom. The molecular weight excluding hydrogens is 368 g/mol. The van der Waals surface area contributed by atoms with Gasteiger partial charge in [-0.1, -0.05) is 71.9 Å². The molecule has 146 valence electrons. The van der Waals surface area contributed by atoms with Crippen LogP contribution in [-0.4, -0.2) is 38.4 Å². The van der Waals surface area contributed by atoms with Crippen molar-refractivity contribution in [1.29, 1.82) is 0 Å². The van der Waals surface area contributed by atoms with Crippen LogP contribution in [-0.2, 0) is 11.3 Å². The van der Waals surface area contributed by atoms with Crippen molar-refractivity contribution >= 4 is 17.7 Å². The first-order valence-electron chi connectivity index (χ1n) is 9.34. The third-order valence-electron chi connectivity index (χ3n) is 4.94. The van der Waals surface area contributed by atoms with Crippen molar-refractivity contribution in [2.24, 2.45) is 0 Å². The zero-order chi connectivity index (χ0) is 20.1. The molecule has 1 heterocycles. The van der Waals surface area contributed by atoms with Crippen LogP contribution < -0.4 is 0 Å². The maximum atomic E-state index is 12.7. The van der Waals surface area contributed by atoms with E-state index < -0.39 is 0 Å². The minimum absolute atomic E-state index is 0.0256. The van der Waals surface area contributed by atoms with Crippen LogP contribution in [0.25, 0.3) is 0 Å². The summed E-state index contributed by atoms with van der Waals surface area (Å²) >= 11 is 1.44. The normalized spacial score (nSPS) is 12.0. The Labute approximate surface area is 170 Å². The van der Waals surface area contributed by atoms with Crippen molar-refractivity contribution in [3.05, 3.63) is 77.1 Å². The van der Waals surface area contributed by atoms with Gasteiger partial charge >= 0.3 is 0 Å². The van der Waals surface area contributed by atoms with E-state index >= 15 is 0 Å². The van der Waals surface area contributed by atoms with Gasteiger partial charge in [-0.2, -0.15) is 0 Å². The summed E-state index contributed by atoms with van der Waals surface area (Å²) in [5.74, 6) is 1.25. The lowest BCUT2D eigenvalue weighted by Crippen LogP contribution is -2.31. The van der Waals surface area contributed by atoms with E-state index in [2.05, 4.69) is 65.0 Å². The lowest BCUT2D eigenvalue weighted by atomic mass is 10.1. The molecule has 0 aliphatic carbocycles. The number of carbonyl (C=O) groups excluding carboxylic acids is 1. The quantitative estimate of drug-likeness (QED) is 0.562. The maximum Gasteiger partial charge on any atom is 0.233 e. The number of hydrogen-bond acceptors (Lipinski definition) is 4. The van der Waals surface area contributed by atoms with E-state index in [0.717, 1.165) is 16.5 Å². The number of hydrogen-bond donors (Lipinski definition) is 0. The highest BCUT2D eigenvalue weighted by atomic mass is 32.2. The van der Waals surface area contributed by atoms with E-state index in [0.29, 0.717) is 12.3 Å². The van der Waals surface area contributed by atoms with Gasteiger partial charge in [0.15, 0.2) is 5.16 Å². The van der Waals surface area contributed by atoms with Gasteiger partial charge in [-0.3, -0.25) is 4.79 Å². The number of carbonyl (C=O) groups is 1. The molecule has 0 spiro atoms. The van der Waals surface area contributed by atoms with Crippen LogP contribution >= 0.6 is 11.8 Å². The minimum atomic E-state index is 0.0256. The van der Waals surface area contributed by atoms with E-state index in [1.54, 1.807) is 4.90 Å². The summed E-state index contributed by atoms with van der Waals surface area (Å²) in [4.78, 5) is 14.5. The molecule has 28 heavy (non-hydrogen) atoms. The number of aromatic nitrogens is 3. The molecule has 0 radical (unpaired) electrons. The SMILES string of the molecule is Cc1ccc(C(C)N(C)C(=O)CSc2nnc(C)n2Cc2ccccc2)cc1. The second-order valence-electron chi connectivity index (χ2n) is 6.98. The second-order valence-corrected chi connectivity index (χ2v) is 7.92. The van der Waals surface area contributed by atoms with E-state index in [4.69, 9.17) is 0 Å². The van der Waals surface area contributed by atoms with E-state index in [9.17, 15) is 4.79 Å². The molecule has 0 saturated heterocycles. The summed E-state index contributed by atoms with van der Waals surface area (Å²) in [6, 6.07) is 18.5. The molecule has 0 aliphatic rings. The summed E-state index contributed by atoms with van der Waals surface area (Å²) < 4.78 is 2.05. The third-order valence-corrected chi connectivity index (χ3v) is 5.90. The van der Waals surface area contributed by atoms with Gasteiger partial charge in [-0.25, -0.2) is 0 Å². The molecule has 3 rings (SSSR count). The molecule has 2 aromatic carbocycles. The number of thioether (sulfide) groups is 1. The van der Waals surface area contributed by atoms with Crippen LogP contribution in [0.3, 0.4) is 0 Å². The van der Waals surface area contributed by atoms with Gasteiger partial charge in [0.1, 0.15) is 5.82 Å². The Morgan fingerprint density at radius 3 is 2.43 bits per heavy atom. The van der Waals surface area contributed by atoms with Crippen LogP contribution in [0, 0.1) is 13.8 Å². The summed E-state index contributed by atoms with van der Waals surface area (Å²) in [5, 5.41) is 9.22. The summed E-state index contributed by atoms with van der Waals surface area (Å²) in [6.45, 7) is 6.75. The number of amides is 1. The predicted molar refractivity (Wildman–Crippen MR) is 113 cm³/mol. The molecule has 0 saturated carbocycles. The van der Waals surface area contributed by atoms with Crippen molar-refractivity contribution in [1.82, 2.24) is 19.7 Å². The summed E-state index contributed by atoms with van der Waals surface area (Å²) in [6.07, 6.45) is 0. The Bertz CT molecular complexity index is 921. The lowest BCUT2D eigenvalue weighted by molar-refractivity contribution is -0.128. The maximum absolute atomic E-state index is 12.7. The topological polar surface area (TPSA) is 51.0 Å². The molecule has 3 aromatic rings. The predicted octanol–water partition coefficient (Wildman–Crippen LogP) is 4.25. The highest BCUT2D eigenvalue weighted by molar-refractivity contribution is 7.99. The van der Waals surface area contributed by atoms with Crippen LogP contribution in [0.1, 0.15) is 35.5 Å². The average Bonchev–Trinajstić information content (AvgIpc) is 3.06. The number of nitrogens with zero attached hydrogens (tertiary/aromatic N) is 4. The Kier molecular flexibility index (Phi) is 6.52. The number of aryl methyl sites for hydroxylation is 2. The Hall–Kier alpha value is -2.60. The van der Waals surface area contributed by atoms with E-state index in [1.807, 2.05) is 32.2 Å². The van der Waals surface area contributed by atoms with E-state index in [1.165, 1.54) is 22.9 Å².